The molecule has 0 radical (unpaired) electrons. The second-order valence-corrected chi connectivity index (χ2v) is 5.25. The number of aromatic nitrogens is 2. The number of hydrogen-bond acceptors (Lipinski definition) is 5. The van der Waals surface area contributed by atoms with E-state index in [0.29, 0.717) is 23.3 Å². The number of anilines is 1. The number of hydrogen-bond donors (Lipinski definition) is 0. The number of carbonyl (C=O) groups excluding carboxylic acids is 1. The molecule has 0 unspecified atom stereocenters. The van der Waals surface area contributed by atoms with Crippen molar-refractivity contribution < 1.29 is 9.53 Å². The van der Waals surface area contributed by atoms with Crippen LogP contribution in [0.25, 0.3) is 0 Å². The van der Waals surface area contributed by atoms with Gasteiger partial charge in [0.25, 0.3) is 0 Å². The quantitative estimate of drug-likeness (QED) is 0.759. The molecule has 3 rings (SSSR count). The number of nitrogens with zero attached hydrogens (tertiary/aromatic N) is 3. The maximum absolute atomic E-state index is 11.6. The van der Waals surface area contributed by atoms with Crippen molar-refractivity contribution in [2.45, 2.75) is 26.7 Å². The van der Waals surface area contributed by atoms with Gasteiger partial charge in [-0.25, -0.2) is 14.8 Å². The van der Waals surface area contributed by atoms with Gasteiger partial charge in [-0.05, 0) is 26.7 Å². The summed E-state index contributed by atoms with van der Waals surface area (Å²) in [5.41, 5.74) is 1.73. The molecule has 1 saturated carbocycles. The van der Waals surface area contributed by atoms with Gasteiger partial charge >= 0.3 is 5.97 Å². The maximum atomic E-state index is 11.6. The van der Waals surface area contributed by atoms with Crippen LogP contribution in [0.4, 0.5) is 5.95 Å². The van der Waals surface area contributed by atoms with E-state index in [1.807, 2.05) is 6.92 Å². The molecule has 1 saturated heterocycles. The monoisotopic (exact) mass is 247 g/mol. The highest BCUT2D eigenvalue weighted by atomic mass is 16.5. The summed E-state index contributed by atoms with van der Waals surface area (Å²) < 4.78 is 4.96. The largest absolute Gasteiger partial charge is 0.462 e. The zero-order chi connectivity index (χ0) is 12.8. The lowest BCUT2D eigenvalue weighted by Crippen LogP contribution is -2.49. The average Bonchev–Trinajstić information content (AvgIpc) is 3.07. The SMILES string of the molecule is CCOC(=O)c1cnc(N2CC3(CC3)C2)nc1C. The lowest BCUT2D eigenvalue weighted by atomic mass is 9.98. The first-order valence-corrected chi connectivity index (χ1v) is 6.39. The molecular formula is C13H17N3O2. The van der Waals surface area contributed by atoms with E-state index in [1.165, 1.54) is 12.8 Å². The Morgan fingerprint density at radius 2 is 2.22 bits per heavy atom. The van der Waals surface area contributed by atoms with Crippen molar-refractivity contribution in [1.82, 2.24) is 9.97 Å². The molecule has 1 aliphatic heterocycles. The van der Waals surface area contributed by atoms with Crippen molar-refractivity contribution in [2.75, 3.05) is 24.6 Å². The summed E-state index contributed by atoms with van der Waals surface area (Å²) in [6.45, 7) is 6.10. The van der Waals surface area contributed by atoms with Gasteiger partial charge in [-0.1, -0.05) is 0 Å². The van der Waals surface area contributed by atoms with Gasteiger partial charge in [-0.15, -0.1) is 0 Å². The first kappa shape index (κ1) is 11.4. The Balaban J connectivity index is 1.74. The molecule has 2 fully saturated rings. The first-order chi connectivity index (χ1) is 8.63. The Labute approximate surface area is 106 Å². The van der Waals surface area contributed by atoms with Gasteiger partial charge in [-0.3, -0.25) is 0 Å². The van der Waals surface area contributed by atoms with Crippen LogP contribution in [0.15, 0.2) is 6.20 Å². The molecule has 0 bridgehead atoms. The van der Waals surface area contributed by atoms with E-state index in [1.54, 1.807) is 13.1 Å². The molecule has 0 amide bonds. The fourth-order valence-corrected chi connectivity index (χ4v) is 2.41. The van der Waals surface area contributed by atoms with Crippen LogP contribution in [0.1, 0.15) is 35.8 Å². The van der Waals surface area contributed by atoms with Crippen molar-refractivity contribution in [2.24, 2.45) is 5.41 Å². The molecule has 2 heterocycles. The molecule has 1 spiro atoms. The molecule has 2 aliphatic rings. The second-order valence-electron chi connectivity index (χ2n) is 5.25. The highest BCUT2D eigenvalue weighted by Gasteiger charge is 2.53. The predicted molar refractivity (Wildman–Crippen MR) is 66.6 cm³/mol. The summed E-state index contributed by atoms with van der Waals surface area (Å²) in [4.78, 5) is 22.5. The molecule has 18 heavy (non-hydrogen) atoms. The third-order valence-corrected chi connectivity index (χ3v) is 3.75. The minimum Gasteiger partial charge on any atom is -0.462 e. The number of aryl methyl sites for hydroxylation is 1. The molecule has 5 heteroatoms. The van der Waals surface area contributed by atoms with E-state index in [-0.39, 0.29) is 5.97 Å². The molecule has 1 aliphatic carbocycles. The van der Waals surface area contributed by atoms with E-state index >= 15 is 0 Å². The van der Waals surface area contributed by atoms with Crippen LogP contribution in [-0.2, 0) is 4.74 Å². The lowest BCUT2D eigenvalue weighted by Gasteiger charge is -2.40. The van der Waals surface area contributed by atoms with E-state index in [0.717, 1.165) is 19.0 Å². The van der Waals surface area contributed by atoms with E-state index in [9.17, 15) is 4.79 Å². The van der Waals surface area contributed by atoms with Crippen LogP contribution < -0.4 is 4.90 Å². The normalized spacial score (nSPS) is 19.6. The molecule has 0 N–H and O–H groups in total. The van der Waals surface area contributed by atoms with Gasteiger partial charge in [0.15, 0.2) is 0 Å². The summed E-state index contributed by atoms with van der Waals surface area (Å²) in [5.74, 6) is 0.391. The molecule has 1 aromatic heterocycles. The van der Waals surface area contributed by atoms with E-state index in [4.69, 9.17) is 4.74 Å². The number of rotatable bonds is 3. The maximum Gasteiger partial charge on any atom is 0.341 e. The van der Waals surface area contributed by atoms with Crippen LogP contribution in [0.5, 0.6) is 0 Å². The topological polar surface area (TPSA) is 55.3 Å². The molecule has 1 aromatic rings. The first-order valence-electron chi connectivity index (χ1n) is 6.39. The van der Waals surface area contributed by atoms with Crippen molar-refractivity contribution in [3.8, 4) is 0 Å². The van der Waals surface area contributed by atoms with Crippen molar-refractivity contribution >= 4 is 11.9 Å². The minimum absolute atomic E-state index is 0.344. The van der Waals surface area contributed by atoms with Gasteiger partial charge in [0.05, 0.1) is 17.9 Å². The summed E-state index contributed by atoms with van der Waals surface area (Å²) in [5, 5.41) is 0. The van der Waals surface area contributed by atoms with Gasteiger partial charge in [0.1, 0.15) is 0 Å². The molecule has 0 aromatic carbocycles. The third-order valence-electron chi connectivity index (χ3n) is 3.75. The average molecular weight is 247 g/mol. The fourth-order valence-electron chi connectivity index (χ4n) is 2.41. The Morgan fingerprint density at radius 3 is 2.78 bits per heavy atom. The van der Waals surface area contributed by atoms with E-state index in [2.05, 4.69) is 14.9 Å². The molecular weight excluding hydrogens is 230 g/mol. The smallest absolute Gasteiger partial charge is 0.341 e. The standard InChI is InChI=1S/C13H17N3O2/c1-3-18-11(17)10-6-14-12(15-9(10)2)16-7-13(8-16)4-5-13/h6H,3-5,7-8H2,1-2H3. The second kappa shape index (κ2) is 3.93. The van der Waals surface area contributed by atoms with Crippen molar-refractivity contribution in [1.29, 1.82) is 0 Å². The predicted octanol–water partition coefficient (Wildman–Crippen LogP) is 1.56. The summed E-state index contributed by atoms with van der Waals surface area (Å²) in [7, 11) is 0. The number of ether oxygens (including phenoxy) is 1. The van der Waals surface area contributed by atoms with E-state index < -0.39 is 0 Å². The minimum atomic E-state index is -0.344. The number of esters is 1. The van der Waals surface area contributed by atoms with Crippen LogP contribution >= 0.6 is 0 Å². The van der Waals surface area contributed by atoms with Gasteiger partial charge < -0.3 is 9.64 Å². The Bertz CT molecular complexity index is 489. The summed E-state index contributed by atoms with van der Waals surface area (Å²) in [6, 6.07) is 0. The van der Waals surface area contributed by atoms with Crippen LogP contribution in [0.3, 0.4) is 0 Å². The zero-order valence-electron chi connectivity index (χ0n) is 10.8. The van der Waals surface area contributed by atoms with Crippen LogP contribution in [-0.4, -0.2) is 35.6 Å². The Kier molecular flexibility index (Phi) is 2.50. The lowest BCUT2D eigenvalue weighted by molar-refractivity contribution is 0.0524. The van der Waals surface area contributed by atoms with Crippen LogP contribution in [0, 0.1) is 12.3 Å². The Morgan fingerprint density at radius 1 is 1.50 bits per heavy atom. The molecule has 96 valence electrons. The number of carbonyl (C=O) groups is 1. The fraction of sp³-hybridized carbons (Fsp3) is 0.615. The molecule has 5 nitrogen and oxygen atoms in total. The van der Waals surface area contributed by atoms with Crippen molar-refractivity contribution in [3.63, 3.8) is 0 Å². The third kappa shape index (κ3) is 1.83. The summed E-state index contributed by atoms with van der Waals surface area (Å²) in [6.07, 6.45) is 4.25. The highest BCUT2D eigenvalue weighted by Crippen LogP contribution is 2.53. The summed E-state index contributed by atoms with van der Waals surface area (Å²) >= 11 is 0. The van der Waals surface area contributed by atoms with Gasteiger partial charge in [0, 0.05) is 24.7 Å². The highest BCUT2D eigenvalue weighted by molar-refractivity contribution is 5.90. The van der Waals surface area contributed by atoms with Crippen LogP contribution in [0.2, 0.25) is 0 Å². The Hall–Kier alpha value is -1.65. The van der Waals surface area contributed by atoms with Crippen molar-refractivity contribution in [3.05, 3.63) is 17.5 Å². The van der Waals surface area contributed by atoms with Gasteiger partial charge in [0.2, 0.25) is 5.95 Å². The van der Waals surface area contributed by atoms with Gasteiger partial charge in [-0.2, -0.15) is 0 Å². The zero-order valence-corrected chi connectivity index (χ0v) is 10.8. The molecule has 0 atom stereocenters.